The molecule has 100 valence electrons. The van der Waals surface area contributed by atoms with Gasteiger partial charge < -0.3 is 4.90 Å². The summed E-state index contributed by atoms with van der Waals surface area (Å²) >= 11 is 0. The van der Waals surface area contributed by atoms with Crippen molar-refractivity contribution in [3.05, 3.63) is 0 Å². The molecule has 0 aliphatic heterocycles. The van der Waals surface area contributed by atoms with Gasteiger partial charge >= 0.3 is 0 Å². The third kappa shape index (κ3) is 2.68. The summed E-state index contributed by atoms with van der Waals surface area (Å²) in [5.41, 5.74) is -0.700. The molecule has 0 heterocycles. The van der Waals surface area contributed by atoms with Crippen molar-refractivity contribution >= 4 is 5.91 Å². The molecule has 0 bridgehead atoms. The van der Waals surface area contributed by atoms with Gasteiger partial charge in [0, 0.05) is 12.6 Å². The molecule has 2 rings (SSSR count). The SMILES string of the molecule is CCCN(C(=O)C1(C#N)CCCCCC1)C1CC1. The number of nitriles is 1. The van der Waals surface area contributed by atoms with E-state index >= 15 is 0 Å². The zero-order chi connectivity index (χ0) is 13.0. The Kier molecular flexibility index (Phi) is 4.27. The van der Waals surface area contributed by atoms with Gasteiger partial charge in [0.15, 0.2) is 0 Å². The van der Waals surface area contributed by atoms with Crippen molar-refractivity contribution in [2.45, 2.75) is 70.8 Å². The van der Waals surface area contributed by atoms with Crippen LogP contribution in [0.2, 0.25) is 0 Å². The van der Waals surface area contributed by atoms with Gasteiger partial charge in [0.25, 0.3) is 0 Å². The third-order valence-corrected chi connectivity index (χ3v) is 4.29. The van der Waals surface area contributed by atoms with Crippen LogP contribution in [-0.4, -0.2) is 23.4 Å². The molecule has 0 unspecified atom stereocenters. The van der Waals surface area contributed by atoms with Gasteiger partial charge in [0.05, 0.1) is 6.07 Å². The highest BCUT2D eigenvalue weighted by molar-refractivity contribution is 5.86. The Balaban J connectivity index is 2.14. The van der Waals surface area contributed by atoms with Gasteiger partial charge in [-0.1, -0.05) is 32.6 Å². The van der Waals surface area contributed by atoms with Crippen LogP contribution < -0.4 is 0 Å². The van der Waals surface area contributed by atoms with Crippen LogP contribution in [0.5, 0.6) is 0 Å². The molecule has 1 amide bonds. The first-order valence-electron chi connectivity index (χ1n) is 7.46. The lowest BCUT2D eigenvalue weighted by molar-refractivity contribution is -0.140. The van der Waals surface area contributed by atoms with E-state index in [1.807, 2.05) is 4.90 Å². The van der Waals surface area contributed by atoms with E-state index < -0.39 is 5.41 Å². The summed E-state index contributed by atoms with van der Waals surface area (Å²) < 4.78 is 0. The maximum Gasteiger partial charge on any atom is 0.243 e. The Morgan fingerprint density at radius 2 is 1.89 bits per heavy atom. The third-order valence-electron chi connectivity index (χ3n) is 4.29. The Labute approximate surface area is 110 Å². The monoisotopic (exact) mass is 248 g/mol. The van der Waals surface area contributed by atoms with E-state index in [9.17, 15) is 10.1 Å². The largest absolute Gasteiger partial charge is 0.338 e. The summed E-state index contributed by atoms with van der Waals surface area (Å²) in [6.07, 6.45) is 9.21. The molecule has 3 nitrogen and oxygen atoms in total. The molecule has 2 saturated carbocycles. The second kappa shape index (κ2) is 5.73. The fraction of sp³-hybridized carbons (Fsp3) is 0.867. The number of hydrogen-bond acceptors (Lipinski definition) is 2. The lowest BCUT2D eigenvalue weighted by atomic mass is 9.80. The van der Waals surface area contributed by atoms with Crippen molar-refractivity contribution in [2.75, 3.05) is 6.54 Å². The van der Waals surface area contributed by atoms with Crippen LogP contribution in [0.25, 0.3) is 0 Å². The molecule has 0 aromatic heterocycles. The maximum atomic E-state index is 12.8. The highest BCUT2D eigenvalue weighted by atomic mass is 16.2. The average Bonchev–Trinajstić information content (AvgIpc) is 3.21. The summed E-state index contributed by atoms with van der Waals surface area (Å²) in [4.78, 5) is 14.8. The molecule has 2 aliphatic rings. The number of amides is 1. The topological polar surface area (TPSA) is 44.1 Å². The van der Waals surface area contributed by atoms with Crippen molar-refractivity contribution in [3.63, 3.8) is 0 Å². The summed E-state index contributed by atoms with van der Waals surface area (Å²) in [6.45, 7) is 2.93. The zero-order valence-corrected chi connectivity index (χ0v) is 11.5. The van der Waals surface area contributed by atoms with E-state index in [1.54, 1.807) is 0 Å². The molecule has 0 radical (unpaired) electrons. The summed E-state index contributed by atoms with van der Waals surface area (Å²) in [5, 5.41) is 9.56. The highest BCUT2D eigenvalue weighted by Crippen LogP contribution is 2.39. The Hall–Kier alpha value is -1.04. The molecule has 0 aromatic carbocycles. The van der Waals surface area contributed by atoms with Gasteiger partial charge in [-0.05, 0) is 32.1 Å². The molecule has 3 heteroatoms. The van der Waals surface area contributed by atoms with Gasteiger partial charge in [-0.25, -0.2) is 0 Å². The van der Waals surface area contributed by atoms with E-state index in [0.29, 0.717) is 6.04 Å². The van der Waals surface area contributed by atoms with E-state index in [0.717, 1.165) is 51.5 Å². The van der Waals surface area contributed by atoms with Crippen LogP contribution in [0.15, 0.2) is 0 Å². The lowest BCUT2D eigenvalue weighted by Gasteiger charge is -2.32. The lowest BCUT2D eigenvalue weighted by Crippen LogP contribution is -2.44. The fourth-order valence-electron chi connectivity index (χ4n) is 3.06. The number of rotatable bonds is 4. The average molecular weight is 248 g/mol. The fourth-order valence-corrected chi connectivity index (χ4v) is 3.06. The minimum atomic E-state index is -0.700. The molecular formula is C15H24N2O. The molecule has 0 spiro atoms. The first-order valence-corrected chi connectivity index (χ1v) is 7.46. The minimum absolute atomic E-state index is 0.135. The van der Waals surface area contributed by atoms with Gasteiger partial charge in [-0.15, -0.1) is 0 Å². The Morgan fingerprint density at radius 1 is 1.28 bits per heavy atom. The zero-order valence-electron chi connectivity index (χ0n) is 11.5. The van der Waals surface area contributed by atoms with E-state index in [1.165, 1.54) is 12.8 Å². The number of hydrogen-bond donors (Lipinski definition) is 0. The normalized spacial score (nSPS) is 22.9. The molecule has 0 atom stereocenters. The highest BCUT2D eigenvalue weighted by Gasteiger charge is 2.45. The first-order chi connectivity index (χ1) is 8.73. The number of nitrogens with zero attached hydrogens (tertiary/aromatic N) is 2. The van der Waals surface area contributed by atoms with Crippen molar-refractivity contribution in [1.82, 2.24) is 4.90 Å². The Bertz CT molecular complexity index is 333. The molecule has 18 heavy (non-hydrogen) atoms. The second-order valence-corrected chi connectivity index (χ2v) is 5.84. The maximum absolute atomic E-state index is 12.8. The standard InChI is InChI=1S/C15H24N2O/c1-2-11-17(13-7-8-13)14(18)15(12-16)9-5-3-4-6-10-15/h13H,2-11H2,1H3. The predicted molar refractivity (Wildman–Crippen MR) is 70.8 cm³/mol. The van der Waals surface area contributed by atoms with Crippen molar-refractivity contribution in [1.29, 1.82) is 5.26 Å². The van der Waals surface area contributed by atoms with Crippen LogP contribution in [0.3, 0.4) is 0 Å². The smallest absolute Gasteiger partial charge is 0.243 e. The summed E-state index contributed by atoms with van der Waals surface area (Å²) in [6, 6.07) is 2.82. The van der Waals surface area contributed by atoms with Gasteiger partial charge in [0.1, 0.15) is 5.41 Å². The van der Waals surface area contributed by atoms with Crippen LogP contribution in [0, 0.1) is 16.7 Å². The van der Waals surface area contributed by atoms with Crippen LogP contribution in [0.1, 0.15) is 64.7 Å². The van der Waals surface area contributed by atoms with Gasteiger partial charge in [-0.2, -0.15) is 5.26 Å². The van der Waals surface area contributed by atoms with Gasteiger partial charge in [0.2, 0.25) is 5.91 Å². The molecule has 0 aromatic rings. The van der Waals surface area contributed by atoms with Crippen LogP contribution >= 0.6 is 0 Å². The van der Waals surface area contributed by atoms with E-state index in [2.05, 4.69) is 13.0 Å². The Morgan fingerprint density at radius 3 is 2.33 bits per heavy atom. The summed E-state index contributed by atoms with van der Waals surface area (Å²) in [7, 11) is 0. The van der Waals surface area contributed by atoms with Crippen molar-refractivity contribution in [2.24, 2.45) is 5.41 Å². The number of carbonyl (C=O) groups is 1. The van der Waals surface area contributed by atoms with Crippen LogP contribution in [0.4, 0.5) is 0 Å². The molecular weight excluding hydrogens is 224 g/mol. The minimum Gasteiger partial charge on any atom is -0.338 e. The molecule has 0 saturated heterocycles. The summed E-state index contributed by atoms with van der Waals surface area (Å²) in [5.74, 6) is 0.135. The predicted octanol–water partition coefficient (Wildman–Crippen LogP) is 3.25. The van der Waals surface area contributed by atoms with E-state index in [4.69, 9.17) is 0 Å². The number of carbonyl (C=O) groups excluding carboxylic acids is 1. The van der Waals surface area contributed by atoms with E-state index in [-0.39, 0.29) is 5.91 Å². The van der Waals surface area contributed by atoms with Crippen molar-refractivity contribution < 1.29 is 4.79 Å². The quantitative estimate of drug-likeness (QED) is 0.717. The van der Waals surface area contributed by atoms with Crippen molar-refractivity contribution in [3.8, 4) is 6.07 Å². The van der Waals surface area contributed by atoms with Crippen LogP contribution in [-0.2, 0) is 4.79 Å². The molecule has 2 aliphatic carbocycles. The first kappa shape index (κ1) is 13.4. The molecule has 2 fully saturated rings. The second-order valence-electron chi connectivity index (χ2n) is 5.84. The molecule has 0 N–H and O–H groups in total. The van der Waals surface area contributed by atoms with Gasteiger partial charge in [-0.3, -0.25) is 4.79 Å².